The van der Waals surface area contributed by atoms with E-state index in [0.29, 0.717) is 12.2 Å². The van der Waals surface area contributed by atoms with Gasteiger partial charge < -0.3 is 50.9 Å². The minimum absolute atomic E-state index is 0.0344. The van der Waals surface area contributed by atoms with Crippen molar-refractivity contribution in [2.45, 2.75) is 186 Å². The molecule has 0 aliphatic carbocycles. The summed E-state index contributed by atoms with van der Waals surface area (Å²) in [6.45, 7) is 2.85. The number of phosphoric acid groups is 3. The van der Waals surface area contributed by atoms with E-state index in [2.05, 4.69) is 41.3 Å². The van der Waals surface area contributed by atoms with Crippen molar-refractivity contribution < 1.29 is 80.5 Å². The van der Waals surface area contributed by atoms with Gasteiger partial charge in [0, 0.05) is 37.1 Å². The zero-order valence-corrected chi connectivity index (χ0v) is 44.7. The molecule has 2 amide bonds. The molecule has 1 fully saturated rings. The molecule has 3 heterocycles. The number of carbonyl (C=O) groups is 3. The number of phosphoric ester groups is 3. The summed E-state index contributed by atoms with van der Waals surface area (Å²) in [7, 11) is -16.4. The summed E-state index contributed by atoms with van der Waals surface area (Å²) < 4.78 is 62.5. The first-order chi connectivity index (χ1) is 33.6. The van der Waals surface area contributed by atoms with E-state index in [9.17, 15) is 57.9 Å². The molecule has 0 saturated carbocycles. The number of ether oxygens (including phenoxy) is 1. The number of nitrogens with zero attached hydrogens (tertiary/aromatic N) is 4. The fraction of sp³-hybridized carbons (Fsp3) is 0.814. The Hall–Kier alpha value is -2.44. The molecule has 24 nitrogen and oxygen atoms in total. The summed E-state index contributed by atoms with van der Waals surface area (Å²) in [6, 6.07) is 0. The Labute approximate surface area is 420 Å². The molecular weight excluding hydrogens is 1010 g/mol. The van der Waals surface area contributed by atoms with Crippen LogP contribution in [0, 0.1) is 5.41 Å². The Kier molecular flexibility index (Phi) is 28.4. The highest BCUT2D eigenvalue weighted by Crippen LogP contribution is 2.61. The van der Waals surface area contributed by atoms with Crippen LogP contribution in [0.4, 0.5) is 5.82 Å². The summed E-state index contributed by atoms with van der Waals surface area (Å²) in [5.41, 5.74) is 4.30. The van der Waals surface area contributed by atoms with Gasteiger partial charge in [-0.05, 0) is 6.42 Å². The monoisotopic (exact) mass is 1090 g/mol. The number of carbonyl (C=O) groups excluding carboxylic acids is 3. The lowest BCUT2D eigenvalue weighted by atomic mass is 9.87. The predicted octanol–water partition coefficient (Wildman–Crippen LogP) is 6.49. The number of fused-ring (bicyclic) bond motifs is 1. The number of aliphatic hydroxyl groups is 2. The third kappa shape index (κ3) is 24.6. The van der Waals surface area contributed by atoms with Crippen molar-refractivity contribution in [3.8, 4) is 0 Å². The highest BCUT2D eigenvalue weighted by Gasteiger charge is 2.50. The Morgan fingerprint density at radius 2 is 1.35 bits per heavy atom. The van der Waals surface area contributed by atoms with E-state index < -0.39 is 84.6 Å². The topological polar surface area (TPSA) is 364 Å². The molecule has 28 heteroatoms. The second kappa shape index (κ2) is 32.1. The Morgan fingerprint density at radius 1 is 0.803 bits per heavy atom. The van der Waals surface area contributed by atoms with Gasteiger partial charge in [-0.2, -0.15) is 4.31 Å². The van der Waals surface area contributed by atoms with Crippen LogP contribution in [0.5, 0.6) is 0 Å². The predicted molar refractivity (Wildman–Crippen MR) is 265 cm³/mol. The van der Waals surface area contributed by atoms with E-state index in [0.717, 1.165) is 48.2 Å². The number of imidazole rings is 1. The van der Waals surface area contributed by atoms with Crippen LogP contribution in [0.25, 0.3) is 11.2 Å². The Bertz CT molecular complexity index is 2070. The molecule has 1 saturated heterocycles. The summed E-state index contributed by atoms with van der Waals surface area (Å²) >= 11 is 1.16. The number of hydrogen-bond donors (Lipinski definition) is 9. The molecule has 3 rings (SSSR count). The third-order valence-corrected chi connectivity index (χ3v) is 15.8. The number of aliphatic hydroxyl groups excluding tert-OH is 2. The average Bonchev–Trinajstić information content (AvgIpc) is 3.86. The van der Waals surface area contributed by atoms with Crippen LogP contribution in [-0.2, 0) is 50.7 Å². The maximum Gasteiger partial charge on any atom is 0.481 e. The third-order valence-electron chi connectivity index (χ3n) is 11.7. The lowest BCUT2D eigenvalue weighted by molar-refractivity contribution is -0.137. The first-order valence-electron chi connectivity index (χ1n) is 24.6. The standard InChI is InChI=1S/C43H78N7O17P3S/c1-4-5-6-7-8-9-10-11-12-13-14-15-16-17-18-19-20-21-22-23-34(52)71-27-26-45-33(51)24-25-46-41(55)38(54)43(2,3)29-64-70(61,62)67-69(59,60)63-28-32-37(66-68(56,57)58)36(53)42(65-32)50-31-49-35-39(44)47-30-48-40(35)50/h30-32,36-38,42,53-54H,4-29H2,1-3H3,(H,45,51)(H,46,55)(H,59,60)(H,61,62)(H2,44,47,48)(H2,56,57,58)/t32-,36+,37+,38?,42-/m1/s1. The molecule has 71 heavy (non-hydrogen) atoms. The van der Waals surface area contributed by atoms with Crippen LogP contribution in [0.3, 0.4) is 0 Å². The number of amides is 2. The van der Waals surface area contributed by atoms with Gasteiger partial charge in [0.25, 0.3) is 0 Å². The van der Waals surface area contributed by atoms with Crippen molar-refractivity contribution in [3.05, 3.63) is 12.7 Å². The molecule has 408 valence electrons. The van der Waals surface area contributed by atoms with Gasteiger partial charge in [0.15, 0.2) is 22.8 Å². The van der Waals surface area contributed by atoms with Crippen LogP contribution in [0.15, 0.2) is 12.7 Å². The first kappa shape index (κ1) is 62.9. The molecule has 2 aromatic rings. The zero-order chi connectivity index (χ0) is 52.5. The number of thioether (sulfide) groups is 1. The molecule has 2 aromatic heterocycles. The van der Waals surface area contributed by atoms with E-state index >= 15 is 0 Å². The smallest absolute Gasteiger partial charge is 0.386 e. The minimum Gasteiger partial charge on any atom is -0.386 e. The van der Waals surface area contributed by atoms with Gasteiger partial charge in [-0.1, -0.05) is 148 Å². The van der Waals surface area contributed by atoms with E-state index in [4.69, 9.17) is 19.5 Å². The van der Waals surface area contributed by atoms with Crippen molar-refractivity contribution in [2.75, 3.05) is 37.8 Å². The number of unbranched alkanes of at least 4 members (excludes halogenated alkanes) is 18. The van der Waals surface area contributed by atoms with Crippen LogP contribution in [0.2, 0.25) is 0 Å². The van der Waals surface area contributed by atoms with E-state index in [1.165, 1.54) is 117 Å². The van der Waals surface area contributed by atoms with Crippen LogP contribution in [-0.4, -0.2) is 123 Å². The SMILES string of the molecule is CCCCCCCCCCCCCCCCCCCCCC(=O)SCCNC(=O)CCNC(=O)C(O)C(C)(C)COP(=O)(O)OP(=O)(O)OC[C@H]1O[C@@H](n2cnc3c(N)ncnc32)[C@@H](O)[C@H]1OP(=O)(O)O. The van der Waals surface area contributed by atoms with Crippen molar-refractivity contribution in [3.63, 3.8) is 0 Å². The summed E-state index contributed by atoms with van der Waals surface area (Å²) in [6.07, 6.45) is 18.0. The molecule has 1 aliphatic heterocycles. The quantitative estimate of drug-likeness (QED) is 0.0255. The molecule has 0 bridgehead atoms. The summed E-state index contributed by atoms with van der Waals surface area (Å²) in [5.74, 6) is -1.01. The lowest BCUT2D eigenvalue weighted by Crippen LogP contribution is -2.46. The molecule has 0 radical (unpaired) electrons. The van der Waals surface area contributed by atoms with E-state index in [1.54, 1.807) is 0 Å². The normalized spacial score (nSPS) is 19.6. The van der Waals surface area contributed by atoms with Crippen LogP contribution >= 0.6 is 35.2 Å². The zero-order valence-electron chi connectivity index (χ0n) is 41.2. The van der Waals surface area contributed by atoms with E-state index in [-0.39, 0.29) is 41.6 Å². The number of anilines is 1. The van der Waals surface area contributed by atoms with Crippen molar-refractivity contribution in [2.24, 2.45) is 5.41 Å². The fourth-order valence-corrected chi connectivity index (χ4v) is 11.3. The van der Waals surface area contributed by atoms with Gasteiger partial charge in [0.05, 0.1) is 19.5 Å². The first-order valence-corrected chi connectivity index (χ1v) is 30.1. The molecule has 0 spiro atoms. The number of aromatic nitrogens is 4. The highest BCUT2D eigenvalue weighted by molar-refractivity contribution is 8.13. The Balaban J connectivity index is 1.24. The van der Waals surface area contributed by atoms with Gasteiger partial charge in [0.1, 0.15) is 36.3 Å². The summed E-state index contributed by atoms with van der Waals surface area (Å²) in [5, 5.41) is 26.7. The largest absolute Gasteiger partial charge is 0.481 e. The second-order valence-electron chi connectivity index (χ2n) is 18.4. The minimum atomic E-state index is -5.58. The van der Waals surface area contributed by atoms with Crippen molar-refractivity contribution in [1.29, 1.82) is 0 Å². The van der Waals surface area contributed by atoms with Gasteiger partial charge >= 0.3 is 23.5 Å². The molecule has 10 N–H and O–H groups in total. The molecule has 0 aromatic carbocycles. The number of nitrogens with two attached hydrogens (primary N) is 1. The lowest BCUT2D eigenvalue weighted by Gasteiger charge is -2.30. The highest BCUT2D eigenvalue weighted by atomic mass is 32.2. The van der Waals surface area contributed by atoms with Gasteiger partial charge in [-0.25, -0.2) is 28.6 Å². The maximum absolute atomic E-state index is 12.8. The van der Waals surface area contributed by atoms with Gasteiger partial charge in [-0.3, -0.25) is 32.5 Å². The van der Waals surface area contributed by atoms with Crippen molar-refractivity contribution in [1.82, 2.24) is 30.2 Å². The second-order valence-corrected chi connectivity index (χ2v) is 23.8. The van der Waals surface area contributed by atoms with Gasteiger partial charge in [0.2, 0.25) is 11.8 Å². The number of hydrogen-bond acceptors (Lipinski definition) is 18. The number of nitrogens with one attached hydrogen (secondary N) is 2. The average molecular weight is 1090 g/mol. The van der Waals surface area contributed by atoms with Crippen molar-refractivity contribution >= 4 is 69.1 Å². The molecule has 3 unspecified atom stereocenters. The van der Waals surface area contributed by atoms with E-state index in [1.807, 2.05) is 0 Å². The molecular formula is C43H78N7O17P3S. The maximum atomic E-state index is 12.8. The van der Waals surface area contributed by atoms with Crippen LogP contribution in [0.1, 0.15) is 162 Å². The number of rotatable bonds is 39. The molecule has 7 atom stereocenters. The van der Waals surface area contributed by atoms with Gasteiger partial charge in [-0.15, -0.1) is 0 Å². The van der Waals surface area contributed by atoms with Crippen LogP contribution < -0.4 is 16.4 Å². The number of nitrogen functional groups attached to an aromatic ring is 1. The molecule has 1 aliphatic rings. The summed E-state index contributed by atoms with van der Waals surface area (Å²) in [4.78, 5) is 88.5. The fourth-order valence-electron chi connectivity index (χ4n) is 7.71. The Morgan fingerprint density at radius 3 is 1.92 bits per heavy atom.